The van der Waals surface area contributed by atoms with Crippen LogP contribution in [0.25, 0.3) is 0 Å². The van der Waals surface area contributed by atoms with Crippen molar-refractivity contribution >= 4 is 11.9 Å². The van der Waals surface area contributed by atoms with E-state index in [9.17, 15) is 22.8 Å². The first-order valence-corrected chi connectivity index (χ1v) is 7.39. The number of rotatable bonds is 3. The molecule has 2 unspecified atom stereocenters. The second-order valence-electron chi connectivity index (χ2n) is 5.54. The van der Waals surface area contributed by atoms with Gasteiger partial charge in [-0.05, 0) is 25.0 Å². The van der Waals surface area contributed by atoms with Gasteiger partial charge in [-0.1, -0.05) is 25.0 Å². The molecular weight excluding hydrogens is 311 g/mol. The van der Waals surface area contributed by atoms with Gasteiger partial charge in [0.2, 0.25) is 0 Å². The van der Waals surface area contributed by atoms with Crippen LogP contribution in [0.5, 0.6) is 0 Å². The third-order valence-corrected chi connectivity index (χ3v) is 4.06. The average Bonchev–Trinajstić information content (AvgIpc) is 2.54. The predicted octanol–water partition coefficient (Wildman–Crippen LogP) is 3.17. The Balaban J connectivity index is 2.20. The summed E-state index contributed by atoms with van der Waals surface area (Å²) in [4.78, 5) is 24.0. The number of nitrogens with one attached hydrogen (secondary N) is 1. The Morgan fingerprint density at radius 1 is 1.17 bits per heavy atom. The van der Waals surface area contributed by atoms with Gasteiger partial charge in [0.1, 0.15) is 0 Å². The number of halogens is 3. The molecule has 1 aliphatic carbocycles. The molecule has 1 saturated carbocycles. The van der Waals surface area contributed by atoms with Gasteiger partial charge in [-0.15, -0.1) is 0 Å². The van der Waals surface area contributed by atoms with Crippen molar-refractivity contribution < 1.29 is 27.5 Å². The van der Waals surface area contributed by atoms with Crippen LogP contribution in [0.3, 0.4) is 0 Å². The van der Waals surface area contributed by atoms with Crippen molar-refractivity contribution in [1.29, 1.82) is 0 Å². The minimum Gasteiger partial charge on any atom is -0.469 e. The first kappa shape index (κ1) is 17.3. The minimum absolute atomic E-state index is 0.436. The highest BCUT2D eigenvalue weighted by Gasteiger charge is 2.37. The van der Waals surface area contributed by atoms with Gasteiger partial charge < -0.3 is 10.1 Å². The molecule has 0 saturated heterocycles. The molecule has 4 nitrogen and oxygen atoms in total. The molecule has 1 aromatic rings. The quantitative estimate of drug-likeness (QED) is 0.867. The summed E-state index contributed by atoms with van der Waals surface area (Å²) in [5.74, 6) is -1.78. The molecule has 1 N–H and O–H groups in total. The lowest BCUT2D eigenvalue weighted by Gasteiger charge is -2.30. The first-order chi connectivity index (χ1) is 10.8. The van der Waals surface area contributed by atoms with Crippen molar-refractivity contribution in [2.24, 2.45) is 5.92 Å². The van der Waals surface area contributed by atoms with E-state index in [0.717, 1.165) is 25.0 Å². The van der Waals surface area contributed by atoms with Crippen LogP contribution in [0.2, 0.25) is 0 Å². The van der Waals surface area contributed by atoms with Gasteiger partial charge in [0.15, 0.2) is 0 Å². The molecule has 0 spiro atoms. The van der Waals surface area contributed by atoms with E-state index in [4.69, 9.17) is 4.74 Å². The number of alkyl halides is 3. The molecule has 1 aromatic carbocycles. The van der Waals surface area contributed by atoms with Crippen LogP contribution in [0.15, 0.2) is 24.3 Å². The van der Waals surface area contributed by atoms with Crippen LogP contribution in [0.4, 0.5) is 13.2 Å². The highest BCUT2D eigenvalue weighted by Crippen LogP contribution is 2.32. The molecule has 2 atom stereocenters. The van der Waals surface area contributed by atoms with E-state index in [1.54, 1.807) is 0 Å². The normalized spacial score (nSPS) is 21.6. The van der Waals surface area contributed by atoms with E-state index in [1.807, 2.05) is 0 Å². The van der Waals surface area contributed by atoms with Gasteiger partial charge in [0.05, 0.1) is 24.2 Å². The largest absolute Gasteiger partial charge is 0.469 e. The maximum atomic E-state index is 13.0. The number of carbonyl (C=O) groups is 2. The highest BCUT2D eigenvalue weighted by molar-refractivity contribution is 5.96. The summed E-state index contributed by atoms with van der Waals surface area (Å²) in [6.45, 7) is 0. The molecule has 0 aromatic heterocycles. The Morgan fingerprint density at radius 2 is 1.83 bits per heavy atom. The molecule has 7 heteroatoms. The zero-order chi connectivity index (χ0) is 17.0. The Hall–Kier alpha value is -2.05. The van der Waals surface area contributed by atoms with Crippen molar-refractivity contribution in [1.82, 2.24) is 5.32 Å². The van der Waals surface area contributed by atoms with Gasteiger partial charge in [0.25, 0.3) is 5.91 Å². The number of esters is 1. The van der Waals surface area contributed by atoms with E-state index >= 15 is 0 Å². The lowest BCUT2D eigenvalue weighted by molar-refractivity contribution is -0.147. The fourth-order valence-electron chi connectivity index (χ4n) is 2.91. The third-order valence-electron chi connectivity index (χ3n) is 4.06. The number of hydrogen-bond acceptors (Lipinski definition) is 3. The summed E-state index contributed by atoms with van der Waals surface area (Å²) in [6, 6.07) is 4.10. The Labute approximate surface area is 132 Å². The molecule has 0 aliphatic heterocycles. The molecule has 0 heterocycles. The summed E-state index contributed by atoms with van der Waals surface area (Å²) in [5.41, 5.74) is -1.42. The molecule has 1 amide bonds. The SMILES string of the molecule is COC(=O)C1CCCCC1NC(=O)c1ccccc1C(F)(F)F. The standard InChI is InChI=1S/C16H18F3NO3/c1-23-15(22)11-7-3-5-9-13(11)20-14(21)10-6-2-4-8-12(10)16(17,18)19/h2,4,6,8,11,13H,3,5,7,9H2,1H3,(H,20,21). The van der Waals surface area contributed by atoms with E-state index in [2.05, 4.69) is 5.32 Å². The van der Waals surface area contributed by atoms with Gasteiger partial charge in [-0.3, -0.25) is 9.59 Å². The number of benzene rings is 1. The van der Waals surface area contributed by atoms with Crippen molar-refractivity contribution in [3.05, 3.63) is 35.4 Å². The highest BCUT2D eigenvalue weighted by atomic mass is 19.4. The van der Waals surface area contributed by atoms with Crippen LogP contribution in [-0.4, -0.2) is 25.0 Å². The number of methoxy groups -OCH3 is 1. The maximum absolute atomic E-state index is 13.0. The maximum Gasteiger partial charge on any atom is 0.417 e. The number of ether oxygens (including phenoxy) is 1. The zero-order valence-electron chi connectivity index (χ0n) is 12.7. The molecule has 1 fully saturated rings. The summed E-state index contributed by atoms with van der Waals surface area (Å²) in [7, 11) is 1.26. The van der Waals surface area contributed by atoms with Crippen LogP contribution in [-0.2, 0) is 15.7 Å². The summed E-state index contributed by atoms with van der Waals surface area (Å²) < 4.78 is 43.7. The summed E-state index contributed by atoms with van der Waals surface area (Å²) in [6.07, 6.45) is -1.88. The first-order valence-electron chi connectivity index (χ1n) is 7.39. The van der Waals surface area contributed by atoms with Crippen molar-refractivity contribution in [2.75, 3.05) is 7.11 Å². The topological polar surface area (TPSA) is 55.4 Å². The fourth-order valence-corrected chi connectivity index (χ4v) is 2.91. The lowest BCUT2D eigenvalue weighted by Crippen LogP contribution is -2.45. The molecule has 0 bridgehead atoms. The monoisotopic (exact) mass is 329 g/mol. The van der Waals surface area contributed by atoms with Crippen molar-refractivity contribution in [2.45, 2.75) is 37.9 Å². The summed E-state index contributed by atoms with van der Waals surface area (Å²) >= 11 is 0. The third kappa shape index (κ3) is 4.03. The fraction of sp³-hybridized carbons (Fsp3) is 0.500. The second-order valence-corrected chi connectivity index (χ2v) is 5.54. The van der Waals surface area contributed by atoms with Gasteiger partial charge in [0, 0.05) is 6.04 Å². The van der Waals surface area contributed by atoms with Crippen LogP contribution >= 0.6 is 0 Å². The zero-order valence-corrected chi connectivity index (χ0v) is 12.7. The Bertz CT molecular complexity index is 586. The van der Waals surface area contributed by atoms with Crippen LogP contribution in [0.1, 0.15) is 41.6 Å². The van der Waals surface area contributed by atoms with Crippen molar-refractivity contribution in [3.63, 3.8) is 0 Å². The van der Waals surface area contributed by atoms with Crippen molar-refractivity contribution in [3.8, 4) is 0 Å². The number of amides is 1. The molecule has 2 rings (SSSR count). The smallest absolute Gasteiger partial charge is 0.417 e. The second kappa shape index (κ2) is 7.02. The van der Waals surface area contributed by atoms with E-state index < -0.39 is 41.1 Å². The molecular formula is C16H18F3NO3. The molecule has 126 valence electrons. The molecule has 1 aliphatic rings. The number of hydrogen-bond donors (Lipinski definition) is 1. The van der Waals surface area contributed by atoms with E-state index in [1.165, 1.54) is 19.2 Å². The lowest BCUT2D eigenvalue weighted by atomic mass is 9.84. The van der Waals surface area contributed by atoms with Crippen LogP contribution < -0.4 is 5.32 Å². The average molecular weight is 329 g/mol. The van der Waals surface area contributed by atoms with Gasteiger partial charge in [-0.25, -0.2) is 0 Å². The minimum atomic E-state index is -4.61. The van der Waals surface area contributed by atoms with Crippen LogP contribution in [0, 0.1) is 5.92 Å². The Kier molecular flexibility index (Phi) is 5.28. The van der Waals surface area contributed by atoms with E-state index in [0.29, 0.717) is 12.8 Å². The Morgan fingerprint density at radius 3 is 2.48 bits per heavy atom. The molecule has 23 heavy (non-hydrogen) atoms. The predicted molar refractivity (Wildman–Crippen MR) is 76.7 cm³/mol. The number of carbonyl (C=O) groups excluding carboxylic acids is 2. The summed E-state index contributed by atoms with van der Waals surface area (Å²) in [5, 5.41) is 2.57. The van der Waals surface area contributed by atoms with E-state index in [-0.39, 0.29) is 0 Å². The molecule has 0 radical (unpaired) electrons. The van der Waals surface area contributed by atoms with Gasteiger partial charge in [-0.2, -0.15) is 13.2 Å². The van der Waals surface area contributed by atoms with Gasteiger partial charge >= 0.3 is 12.1 Å².